The molecule has 0 atom stereocenters. The number of rotatable bonds is 10. The number of guanidine groups is 1. The molecule has 5 nitrogen and oxygen atoms in total. The predicted octanol–water partition coefficient (Wildman–Crippen LogP) is 3.58. The minimum Gasteiger partial charge on any atom is -0.493 e. The highest BCUT2D eigenvalue weighted by Gasteiger charge is 2.41. The smallest absolute Gasteiger partial charge is 0.193 e. The third kappa shape index (κ3) is 5.53. The lowest BCUT2D eigenvalue weighted by Gasteiger charge is -2.23. The molecule has 0 aliphatic heterocycles. The highest BCUT2D eigenvalue weighted by molar-refractivity contribution is 5.79. The van der Waals surface area contributed by atoms with Crippen LogP contribution in [0.2, 0.25) is 0 Å². The molecule has 3 rings (SSSR count). The second-order valence-electron chi connectivity index (χ2n) is 7.89. The topological polar surface area (TPSA) is 46.1 Å². The highest BCUT2D eigenvalue weighted by atomic mass is 16.5. The molecule has 0 heterocycles. The van der Waals surface area contributed by atoms with Crippen LogP contribution < -0.4 is 14.8 Å². The Morgan fingerprint density at radius 1 is 1.15 bits per heavy atom. The van der Waals surface area contributed by atoms with Gasteiger partial charge in [0.2, 0.25) is 0 Å². The summed E-state index contributed by atoms with van der Waals surface area (Å²) in [5.74, 6) is 5.30. The summed E-state index contributed by atoms with van der Waals surface area (Å²) in [5, 5.41) is 3.46. The zero-order chi connectivity index (χ0) is 19.2. The molecule has 1 N–H and O–H groups in total. The largest absolute Gasteiger partial charge is 0.493 e. The Labute approximate surface area is 164 Å². The van der Waals surface area contributed by atoms with E-state index in [0.717, 1.165) is 61.3 Å². The molecular formula is C22H35N3O2. The normalized spacial score (nSPS) is 17.1. The van der Waals surface area contributed by atoms with E-state index in [1.165, 1.54) is 31.2 Å². The standard InChI is InChI=1S/C22H35N3O2/c1-5-23-22(24-15-19(17-7-8-17)18-9-10-18)25(2)13-12-16-6-11-20(26-3)21(14-16)27-4/h6,11,14,17-19H,5,7-10,12-13,15H2,1-4H3,(H,23,24). The molecule has 0 amide bonds. The van der Waals surface area contributed by atoms with E-state index in [1.807, 2.05) is 6.07 Å². The van der Waals surface area contributed by atoms with Crippen LogP contribution in [0.3, 0.4) is 0 Å². The van der Waals surface area contributed by atoms with Crippen LogP contribution in [-0.2, 0) is 6.42 Å². The van der Waals surface area contributed by atoms with Gasteiger partial charge in [0.1, 0.15) is 0 Å². The molecule has 150 valence electrons. The van der Waals surface area contributed by atoms with Gasteiger partial charge in [-0.3, -0.25) is 4.99 Å². The number of ether oxygens (including phenoxy) is 2. The summed E-state index contributed by atoms with van der Waals surface area (Å²) in [4.78, 5) is 7.24. The number of likely N-dealkylation sites (N-methyl/N-ethyl adjacent to an activating group) is 1. The molecule has 2 aliphatic carbocycles. The van der Waals surface area contributed by atoms with Crippen molar-refractivity contribution in [1.29, 1.82) is 0 Å². The number of aliphatic imine (C=N–C) groups is 1. The minimum atomic E-state index is 0.774. The molecule has 0 radical (unpaired) electrons. The van der Waals surface area contributed by atoms with Gasteiger partial charge < -0.3 is 19.7 Å². The zero-order valence-electron chi connectivity index (χ0n) is 17.3. The summed E-state index contributed by atoms with van der Waals surface area (Å²) in [5.41, 5.74) is 1.24. The van der Waals surface area contributed by atoms with Crippen LogP contribution >= 0.6 is 0 Å². The zero-order valence-corrected chi connectivity index (χ0v) is 17.3. The summed E-state index contributed by atoms with van der Waals surface area (Å²) >= 11 is 0. The number of benzene rings is 1. The van der Waals surface area contributed by atoms with Crippen molar-refractivity contribution in [2.24, 2.45) is 22.7 Å². The Hall–Kier alpha value is -1.91. The fraction of sp³-hybridized carbons (Fsp3) is 0.682. The maximum absolute atomic E-state index is 5.42. The van der Waals surface area contributed by atoms with Gasteiger partial charge in [0, 0.05) is 26.7 Å². The van der Waals surface area contributed by atoms with Crippen molar-refractivity contribution in [3.63, 3.8) is 0 Å². The van der Waals surface area contributed by atoms with Crippen LogP contribution in [0.5, 0.6) is 11.5 Å². The first kappa shape index (κ1) is 19.8. The van der Waals surface area contributed by atoms with Crippen LogP contribution in [0.4, 0.5) is 0 Å². The molecule has 27 heavy (non-hydrogen) atoms. The first-order valence-electron chi connectivity index (χ1n) is 10.4. The number of nitrogens with one attached hydrogen (secondary N) is 1. The first-order valence-corrected chi connectivity index (χ1v) is 10.4. The van der Waals surface area contributed by atoms with Crippen molar-refractivity contribution < 1.29 is 9.47 Å². The van der Waals surface area contributed by atoms with Gasteiger partial charge >= 0.3 is 0 Å². The monoisotopic (exact) mass is 373 g/mol. The van der Waals surface area contributed by atoms with Crippen molar-refractivity contribution in [2.45, 2.75) is 39.0 Å². The van der Waals surface area contributed by atoms with Gasteiger partial charge in [0.15, 0.2) is 17.5 Å². The van der Waals surface area contributed by atoms with E-state index >= 15 is 0 Å². The third-order valence-electron chi connectivity index (χ3n) is 5.79. The molecule has 0 spiro atoms. The molecule has 0 unspecified atom stereocenters. The van der Waals surface area contributed by atoms with Crippen LogP contribution in [0.1, 0.15) is 38.2 Å². The van der Waals surface area contributed by atoms with Gasteiger partial charge in [-0.25, -0.2) is 0 Å². The van der Waals surface area contributed by atoms with E-state index in [4.69, 9.17) is 14.5 Å². The Morgan fingerprint density at radius 3 is 2.37 bits per heavy atom. The van der Waals surface area contributed by atoms with Crippen molar-refractivity contribution in [2.75, 3.05) is 40.9 Å². The molecule has 2 fully saturated rings. The Morgan fingerprint density at radius 2 is 1.81 bits per heavy atom. The van der Waals surface area contributed by atoms with Crippen LogP contribution in [0, 0.1) is 17.8 Å². The van der Waals surface area contributed by atoms with Gasteiger partial charge in [-0.2, -0.15) is 0 Å². The lowest BCUT2D eigenvalue weighted by atomic mass is 9.98. The number of nitrogens with zero attached hydrogens (tertiary/aromatic N) is 2. The van der Waals surface area contributed by atoms with E-state index in [1.54, 1.807) is 14.2 Å². The van der Waals surface area contributed by atoms with Crippen LogP contribution in [-0.4, -0.2) is 51.8 Å². The second kappa shape index (κ2) is 9.34. The van der Waals surface area contributed by atoms with E-state index in [0.29, 0.717) is 0 Å². The Kier molecular flexibility index (Phi) is 6.86. The Bertz CT molecular complexity index is 626. The quantitative estimate of drug-likeness (QED) is 0.503. The van der Waals surface area contributed by atoms with E-state index in [9.17, 15) is 0 Å². The second-order valence-corrected chi connectivity index (χ2v) is 7.89. The summed E-state index contributed by atoms with van der Waals surface area (Å²) in [6.45, 7) is 4.94. The molecule has 2 aliphatic rings. The van der Waals surface area contributed by atoms with E-state index in [-0.39, 0.29) is 0 Å². The van der Waals surface area contributed by atoms with Crippen molar-refractivity contribution in [3.8, 4) is 11.5 Å². The SMILES string of the molecule is CCNC(=NCC(C1CC1)C1CC1)N(C)CCc1ccc(OC)c(OC)c1. The van der Waals surface area contributed by atoms with Gasteiger partial charge in [0.05, 0.1) is 14.2 Å². The van der Waals surface area contributed by atoms with Crippen molar-refractivity contribution in [1.82, 2.24) is 10.2 Å². The highest BCUT2D eigenvalue weighted by Crippen LogP contribution is 2.49. The van der Waals surface area contributed by atoms with E-state index < -0.39 is 0 Å². The van der Waals surface area contributed by atoms with Crippen molar-refractivity contribution >= 4 is 5.96 Å². The molecule has 0 aromatic heterocycles. The number of methoxy groups -OCH3 is 2. The summed E-state index contributed by atoms with van der Waals surface area (Å²) in [6.07, 6.45) is 6.62. The molecule has 5 heteroatoms. The van der Waals surface area contributed by atoms with Gasteiger partial charge in [-0.15, -0.1) is 0 Å². The van der Waals surface area contributed by atoms with Crippen LogP contribution in [0.15, 0.2) is 23.2 Å². The molecular weight excluding hydrogens is 338 g/mol. The fourth-order valence-corrected chi connectivity index (χ4v) is 3.83. The molecule has 2 saturated carbocycles. The lowest BCUT2D eigenvalue weighted by molar-refractivity contribution is 0.354. The maximum Gasteiger partial charge on any atom is 0.193 e. The third-order valence-corrected chi connectivity index (χ3v) is 5.79. The number of hydrogen-bond acceptors (Lipinski definition) is 3. The number of hydrogen-bond donors (Lipinski definition) is 1. The van der Waals surface area contributed by atoms with Gasteiger partial charge in [-0.1, -0.05) is 6.07 Å². The summed E-state index contributed by atoms with van der Waals surface area (Å²) in [6, 6.07) is 6.14. The molecule has 0 bridgehead atoms. The van der Waals surface area contributed by atoms with Crippen LogP contribution in [0.25, 0.3) is 0 Å². The Balaban J connectivity index is 1.57. The van der Waals surface area contributed by atoms with Gasteiger partial charge in [0.25, 0.3) is 0 Å². The average molecular weight is 374 g/mol. The van der Waals surface area contributed by atoms with E-state index in [2.05, 4.69) is 36.3 Å². The predicted molar refractivity (Wildman–Crippen MR) is 111 cm³/mol. The minimum absolute atomic E-state index is 0.774. The lowest BCUT2D eigenvalue weighted by Crippen LogP contribution is -2.40. The molecule has 1 aromatic rings. The van der Waals surface area contributed by atoms with Crippen molar-refractivity contribution in [3.05, 3.63) is 23.8 Å². The average Bonchev–Trinajstić information content (AvgIpc) is 3.59. The maximum atomic E-state index is 5.42. The summed E-state index contributed by atoms with van der Waals surface area (Å²) < 4.78 is 10.7. The van der Waals surface area contributed by atoms with Gasteiger partial charge in [-0.05, 0) is 74.5 Å². The summed E-state index contributed by atoms with van der Waals surface area (Å²) in [7, 11) is 5.48. The molecule has 0 saturated heterocycles. The fourth-order valence-electron chi connectivity index (χ4n) is 3.83. The molecule has 1 aromatic carbocycles. The first-order chi connectivity index (χ1) is 13.2.